The molecule has 0 fully saturated rings. The number of benzene rings is 1. The van der Waals surface area contributed by atoms with Crippen LogP contribution >= 0.6 is 0 Å². The molecule has 6 nitrogen and oxygen atoms in total. The number of rotatable bonds is 2. The largest absolute Gasteiger partial charge is 0.452 e. The number of primary sulfonamides is 1. The molecule has 88 valence electrons. The number of sulfonamides is 1. The summed E-state index contributed by atoms with van der Waals surface area (Å²) in [6, 6.07) is 5.58. The zero-order valence-corrected chi connectivity index (χ0v) is 9.69. The van der Waals surface area contributed by atoms with Gasteiger partial charge < -0.3 is 4.74 Å². The molecule has 2 N–H and O–H groups in total. The maximum absolute atomic E-state index is 11.2. The van der Waals surface area contributed by atoms with E-state index in [1.165, 1.54) is 43.3 Å². The average Bonchev–Trinajstić information content (AvgIpc) is 2.26. The van der Waals surface area contributed by atoms with Crippen LogP contribution in [0.1, 0.15) is 0 Å². The summed E-state index contributed by atoms with van der Waals surface area (Å²) in [6.07, 6.45) is -0.539. The van der Waals surface area contributed by atoms with E-state index in [4.69, 9.17) is 5.14 Å². The lowest BCUT2D eigenvalue weighted by Gasteiger charge is -2.15. The molecule has 1 rings (SSSR count). The van der Waals surface area contributed by atoms with Gasteiger partial charge in [0.1, 0.15) is 0 Å². The highest BCUT2D eigenvalue weighted by molar-refractivity contribution is 7.89. The topological polar surface area (TPSA) is 89.7 Å². The predicted octanol–water partition coefficient (Wildman–Crippen LogP) is 0.537. The smallest absolute Gasteiger partial charge is 0.413 e. The lowest BCUT2D eigenvalue weighted by atomic mass is 10.3. The molecule has 0 heterocycles. The number of methoxy groups -OCH3 is 1. The van der Waals surface area contributed by atoms with Gasteiger partial charge in [0.05, 0.1) is 12.0 Å². The average molecular weight is 244 g/mol. The fourth-order valence-electron chi connectivity index (χ4n) is 1.10. The second-order valence-corrected chi connectivity index (χ2v) is 4.63. The van der Waals surface area contributed by atoms with Crippen LogP contribution in [0.15, 0.2) is 29.2 Å². The Hall–Kier alpha value is -1.60. The summed E-state index contributed by atoms with van der Waals surface area (Å²) in [6.45, 7) is 0. The number of hydrogen-bond acceptors (Lipinski definition) is 4. The van der Waals surface area contributed by atoms with Crippen molar-refractivity contribution < 1.29 is 17.9 Å². The van der Waals surface area contributed by atoms with Crippen LogP contribution < -0.4 is 10.0 Å². The van der Waals surface area contributed by atoms with Gasteiger partial charge in [-0.2, -0.15) is 0 Å². The first-order valence-electron chi connectivity index (χ1n) is 4.31. The molecule has 0 saturated heterocycles. The van der Waals surface area contributed by atoms with Crippen LogP contribution in [0, 0.1) is 0 Å². The summed E-state index contributed by atoms with van der Waals surface area (Å²) in [4.78, 5) is 12.4. The molecule has 1 aromatic rings. The second-order valence-electron chi connectivity index (χ2n) is 3.07. The molecule has 0 atom stereocenters. The molecular weight excluding hydrogens is 232 g/mol. The van der Waals surface area contributed by atoms with E-state index in [1.54, 1.807) is 0 Å². The Balaban J connectivity index is 3.00. The first-order chi connectivity index (χ1) is 7.36. The summed E-state index contributed by atoms with van der Waals surface area (Å²) in [5.41, 5.74) is 0.513. The van der Waals surface area contributed by atoms with Crippen LogP contribution in [0.25, 0.3) is 0 Å². The predicted molar refractivity (Wildman–Crippen MR) is 58.6 cm³/mol. The van der Waals surface area contributed by atoms with Gasteiger partial charge in [0.25, 0.3) is 0 Å². The molecule has 0 spiro atoms. The molecule has 0 aliphatic rings. The van der Waals surface area contributed by atoms with Crippen molar-refractivity contribution >= 4 is 21.8 Å². The third-order valence-corrected chi connectivity index (χ3v) is 2.93. The molecule has 0 unspecified atom stereocenters. The molecule has 16 heavy (non-hydrogen) atoms. The van der Waals surface area contributed by atoms with Crippen molar-refractivity contribution in [3.05, 3.63) is 24.3 Å². The molecule has 0 saturated carbocycles. The van der Waals surface area contributed by atoms with E-state index in [9.17, 15) is 13.2 Å². The quantitative estimate of drug-likeness (QED) is 0.822. The van der Waals surface area contributed by atoms with E-state index in [0.717, 1.165) is 0 Å². The van der Waals surface area contributed by atoms with Crippen molar-refractivity contribution in [1.82, 2.24) is 0 Å². The number of hydrogen-bond donors (Lipinski definition) is 1. The maximum Gasteiger partial charge on any atom is 0.413 e. The molecule has 0 radical (unpaired) electrons. The van der Waals surface area contributed by atoms with Crippen molar-refractivity contribution in [1.29, 1.82) is 0 Å². The van der Waals surface area contributed by atoms with Crippen LogP contribution in [0.3, 0.4) is 0 Å². The van der Waals surface area contributed by atoms with E-state index in [0.29, 0.717) is 5.69 Å². The number of carbonyl (C=O) groups is 1. The number of amides is 1. The minimum Gasteiger partial charge on any atom is -0.452 e. The monoisotopic (exact) mass is 244 g/mol. The maximum atomic E-state index is 11.2. The number of ether oxygens (including phenoxy) is 1. The van der Waals surface area contributed by atoms with Gasteiger partial charge in [-0.05, 0) is 24.3 Å². The van der Waals surface area contributed by atoms with Gasteiger partial charge in [-0.25, -0.2) is 18.4 Å². The highest BCUT2D eigenvalue weighted by atomic mass is 32.2. The van der Waals surface area contributed by atoms with E-state index in [1.807, 2.05) is 0 Å². The van der Waals surface area contributed by atoms with Crippen molar-refractivity contribution in [2.75, 3.05) is 19.1 Å². The van der Waals surface area contributed by atoms with E-state index in [2.05, 4.69) is 4.74 Å². The molecule has 0 aromatic heterocycles. The third-order valence-electron chi connectivity index (χ3n) is 2.00. The van der Waals surface area contributed by atoms with Gasteiger partial charge in [0.2, 0.25) is 10.0 Å². The van der Waals surface area contributed by atoms with Gasteiger partial charge in [0, 0.05) is 12.7 Å². The number of carbonyl (C=O) groups excluding carboxylic acids is 1. The molecule has 0 aliphatic heterocycles. The van der Waals surface area contributed by atoms with Crippen LogP contribution in [-0.4, -0.2) is 28.7 Å². The van der Waals surface area contributed by atoms with Gasteiger partial charge in [-0.1, -0.05) is 0 Å². The summed E-state index contributed by atoms with van der Waals surface area (Å²) in [5, 5.41) is 4.94. The lowest BCUT2D eigenvalue weighted by molar-refractivity contribution is 0.180. The minimum atomic E-state index is -3.71. The first kappa shape index (κ1) is 12.5. The molecule has 0 bridgehead atoms. The highest BCUT2D eigenvalue weighted by Gasteiger charge is 2.12. The Morgan fingerprint density at radius 3 is 2.19 bits per heavy atom. The van der Waals surface area contributed by atoms with Gasteiger partial charge >= 0.3 is 6.09 Å². The first-order valence-corrected chi connectivity index (χ1v) is 5.85. The van der Waals surface area contributed by atoms with Crippen LogP contribution in [0.4, 0.5) is 10.5 Å². The zero-order chi connectivity index (χ0) is 12.3. The van der Waals surface area contributed by atoms with E-state index in [-0.39, 0.29) is 4.90 Å². The summed E-state index contributed by atoms with van der Waals surface area (Å²) < 4.78 is 26.5. The van der Waals surface area contributed by atoms with E-state index >= 15 is 0 Å². The number of anilines is 1. The van der Waals surface area contributed by atoms with Gasteiger partial charge in [-0.3, -0.25) is 4.90 Å². The van der Waals surface area contributed by atoms with Crippen molar-refractivity contribution in [2.24, 2.45) is 5.14 Å². The van der Waals surface area contributed by atoms with Gasteiger partial charge in [-0.15, -0.1) is 0 Å². The normalized spacial score (nSPS) is 10.9. The van der Waals surface area contributed by atoms with Crippen LogP contribution in [-0.2, 0) is 14.8 Å². The molecule has 0 aliphatic carbocycles. The minimum absolute atomic E-state index is 0.00508. The van der Waals surface area contributed by atoms with E-state index < -0.39 is 16.1 Å². The molecular formula is C9H12N2O4S. The zero-order valence-electron chi connectivity index (χ0n) is 8.88. The summed E-state index contributed by atoms with van der Waals surface area (Å²) in [7, 11) is -0.933. The van der Waals surface area contributed by atoms with Crippen LogP contribution in [0.2, 0.25) is 0 Å². The molecule has 1 amide bonds. The second kappa shape index (κ2) is 4.50. The Morgan fingerprint density at radius 1 is 1.31 bits per heavy atom. The van der Waals surface area contributed by atoms with Crippen LogP contribution in [0.5, 0.6) is 0 Å². The Morgan fingerprint density at radius 2 is 1.81 bits per heavy atom. The highest BCUT2D eigenvalue weighted by Crippen LogP contribution is 2.16. The van der Waals surface area contributed by atoms with Gasteiger partial charge in [0.15, 0.2) is 0 Å². The molecule has 1 aromatic carbocycles. The van der Waals surface area contributed by atoms with Crippen molar-refractivity contribution in [3.8, 4) is 0 Å². The fourth-order valence-corrected chi connectivity index (χ4v) is 1.62. The Labute approximate surface area is 93.7 Å². The fraction of sp³-hybridized carbons (Fsp3) is 0.222. The third kappa shape index (κ3) is 2.71. The number of nitrogens with two attached hydrogens (primary N) is 1. The molecule has 7 heteroatoms. The SMILES string of the molecule is COC(=O)N(C)c1ccc(S(N)(=O)=O)cc1. The number of nitrogens with zero attached hydrogens (tertiary/aromatic N) is 1. The Bertz CT molecular complexity index is 481. The van der Waals surface area contributed by atoms with Crippen molar-refractivity contribution in [2.45, 2.75) is 4.90 Å². The summed E-state index contributed by atoms with van der Waals surface area (Å²) in [5.74, 6) is 0. The summed E-state index contributed by atoms with van der Waals surface area (Å²) >= 11 is 0. The lowest BCUT2D eigenvalue weighted by Crippen LogP contribution is -2.25. The van der Waals surface area contributed by atoms with Crippen molar-refractivity contribution in [3.63, 3.8) is 0 Å². The Kier molecular flexibility index (Phi) is 3.51. The standard InChI is InChI=1S/C9H12N2O4S/c1-11(9(12)15-2)7-3-5-8(6-4-7)16(10,13)14/h3-6H,1-2H3,(H2,10,13,14).